The summed E-state index contributed by atoms with van der Waals surface area (Å²) in [6, 6.07) is 62.7. The fraction of sp³-hybridized carbons (Fsp3) is 0.179. The first-order valence-electron chi connectivity index (χ1n) is 27.1. The number of benzene rings is 8. The van der Waals surface area contributed by atoms with Crippen molar-refractivity contribution in [3.05, 3.63) is 280 Å². The number of carbonyl (C=O) groups excluding carboxylic acids is 7. The molecule has 0 aliphatic carbocycles. The quantitative estimate of drug-likeness (QED) is 0.0513. The third kappa shape index (κ3) is 15.4. The van der Waals surface area contributed by atoms with Gasteiger partial charge in [0.05, 0.1) is 45.6 Å². The van der Waals surface area contributed by atoms with Crippen LogP contribution in [0, 0.1) is 0 Å². The minimum Gasteiger partial charge on any atom is -0.459 e. The third-order valence-electron chi connectivity index (χ3n) is 13.6. The summed E-state index contributed by atoms with van der Waals surface area (Å²) in [5.74, 6) is -6.26. The van der Waals surface area contributed by atoms with Crippen LogP contribution < -0.4 is 0 Å². The number of hydrogen-bond donors (Lipinski definition) is 0. The molecule has 436 valence electrons. The minimum absolute atomic E-state index is 0.0478. The van der Waals surface area contributed by atoms with E-state index < -0.39 is 116 Å². The van der Waals surface area contributed by atoms with E-state index in [4.69, 9.17) is 47.4 Å². The van der Waals surface area contributed by atoms with Crippen molar-refractivity contribution in [3.8, 4) is 0 Å². The predicted octanol–water partition coefficient (Wildman–Crippen LogP) is 11.2. The fourth-order valence-corrected chi connectivity index (χ4v) is 10.7. The molecular weight excluding hydrogens is 1190 g/mol. The SMILES string of the molecule is O=C(OC[C@H]1O[C@@H](OC[C@H]2O[C@@H](Sc3ccc(Br)cc3)[C@H](OC(=O)c3ccccc3)[C@@H](OC(=O)c3ccccc3)[C@@H]2OC(=O)c2ccccc2)[C@H](OC(=O)c2ccccc2)[C@@H](OC(=O)c2ccccc2)[C@@H]1OC(=O)c1ccccc1)c1ccccc1. The van der Waals surface area contributed by atoms with Gasteiger partial charge in [-0.2, -0.15) is 0 Å². The van der Waals surface area contributed by atoms with E-state index in [9.17, 15) is 33.6 Å². The Morgan fingerprint density at radius 1 is 0.326 bits per heavy atom. The second-order valence-electron chi connectivity index (χ2n) is 19.4. The summed E-state index contributed by atoms with van der Waals surface area (Å²) in [6.45, 7) is -1.37. The number of ether oxygens (including phenoxy) is 10. The van der Waals surface area contributed by atoms with Crippen LogP contribution >= 0.6 is 27.7 Å². The largest absolute Gasteiger partial charge is 0.459 e. The van der Waals surface area contributed by atoms with E-state index in [0.29, 0.717) is 4.90 Å². The van der Waals surface area contributed by atoms with Crippen LogP contribution in [-0.4, -0.2) is 116 Å². The summed E-state index contributed by atoms with van der Waals surface area (Å²) >= 11 is 4.57. The number of esters is 7. The van der Waals surface area contributed by atoms with E-state index in [-0.39, 0.29) is 38.9 Å². The van der Waals surface area contributed by atoms with Crippen molar-refractivity contribution in [1.29, 1.82) is 0 Å². The van der Waals surface area contributed by atoms with Crippen LogP contribution in [0.2, 0.25) is 0 Å². The molecule has 8 aromatic rings. The Hall–Kier alpha value is -9.24. The van der Waals surface area contributed by atoms with Crippen LogP contribution in [-0.2, 0) is 47.4 Å². The summed E-state index contributed by atoms with van der Waals surface area (Å²) in [4.78, 5) is 101. The summed E-state index contributed by atoms with van der Waals surface area (Å²) < 4.78 is 64.9. The summed E-state index contributed by atoms with van der Waals surface area (Å²) in [6.07, 6.45) is -15.2. The van der Waals surface area contributed by atoms with Crippen molar-refractivity contribution in [2.45, 2.75) is 65.5 Å². The van der Waals surface area contributed by atoms with Crippen molar-refractivity contribution >= 4 is 69.5 Å². The van der Waals surface area contributed by atoms with E-state index in [1.54, 1.807) is 152 Å². The molecule has 2 saturated heterocycles. The lowest BCUT2D eigenvalue weighted by Gasteiger charge is -2.46. The van der Waals surface area contributed by atoms with Gasteiger partial charge in [0.2, 0.25) is 0 Å². The zero-order valence-electron chi connectivity index (χ0n) is 45.4. The molecule has 8 aromatic carbocycles. The molecule has 2 heterocycles. The second kappa shape index (κ2) is 29.0. The highest BCUT2D eigenvalue weighted by molar-refractivity contribution is 9.10. The first-order chi connectivity index (χ1) is 41.9. The Kier molecular flexibility index (Phi) is 20.2. The molecule has 2 aliphatic heterocycles. The van der Waals surface area contributed by atoms with Crippen LogP contribution in [0.4, 0.5) is 0 Å². The average molecular weight is 1240 g/mol. The maximum absolute atomic E-state index is 14.5. The van der Waals surface area contributed by atoms with Gasteiger partial charge in [0, 0.05) is 9.37 Å². The molecule has 0 amide bonds. The van der Waals surface area contributed by atoms with Gasteiger partial charge in [0.1, 0.15) is 24.3 Å². The van der Waals surface area contributed by atoms with Crippen molar-refractivity contribution in [2.75, 3.05) is 13.2 Å². The number of halogens is 1. The van der Waals surface area contributed by atoms with Crippen LogP contribution in [0.3, 0.4) is 0 Å². The normalized spacial score (nSPS) is 21.5. The zero-order chi connectivity index (χ0) is 59.8. The molecule has 0 saturated carbocycles. The van der Waals surface area contributed by atoms with E-state index in [0.717, 1.165) is 16.2 Å². The highest BCUT2D eigenvalue weighted by Gasteiger charge is 2.57. The van der Waals surface area contributed by atoms with E-state index in [1.165, 1.54) is 84.9 Å². The monoisotopic (exact) mass is 1240 g/mol. The second-order valence-corrected chi connectivity index (χ2v) is 21.5. The molecule has 0 unspecified atom stereocenters. The van der Waals surface area contributed by atoms with E-state index in [1.807, 2.05) is 0 Å². The van der Waals surface area contributed by atoms with Gasteiger partial charge in [0.25, 0.3) is 0 Å². The standard InChI is InChI=1S/C67H53BrO17S/c68-49-36-38-50(39-37-49)86-67-58(85-65(75)48-34-20-7-21-35-48)56(83-63(73)46-30-16-5-17-31-46)54(81-61(71)44-26-12-3-13-27-44)52(79-67)41-77-66-57(84-64(74)47-32-18-6-19-33-47)55(82-62(72)45-28-14-4-15-29-45)53(80-60(70)43-24-10-2-11-25-43)51(78-66)40-76-59(69)42-22-8-1-9-23-42/h1-39,51-58,66-67H,40-41H2/t51-,52-,53-,54-,55+,56+,57-,58-,66-,67+/m1/s1. The molecule has 0 bridgehead atoms. The summed E-state index contributed by atoms with van der Waals surface area (Å²) in [5, 5.41) is 0. The van der Waals surface area contributed by atoms with Gasteiger partial charge >= 0.3 is 41.8 Å². The molecule has 0 N–H and O–H groups in total. The first kappa shape index (κ1) is 59.9. The summed E-state index contributed by atoms with van der Waals surface area (Å²) in [7, 11) is 0. The maximum atomic E-state index is 14.5. The van der Waals surface area contributed by atoms with Crippen molar-refractivity contribution in [3.63, 3.8) is 0 Å². The van der Waals surface area contributed by atoms with Gasteiger partial charge in [-0.05, 0) is 109 Å². The third-order valence-corrected chi connectivity index (χ3v) is 15.3. The highest BCUT2D eigenvalue weighted by Crippen LogP contribution is 2.40. The Labute approximate surface area is 506 Å². The molecule has 19 heteroatoms. The Bertz CT molecular complexity index is 3570. The van der Waals surface area contributed by atoms with Crippen LogP contribution in [0.1, 0.15) is 72.5 Å². The van der Waals surface area contributed by atoms with Crippen molar-refractivity contribution in [1.82, 2.24) is 0 Å². The molecule has 10 atom stereocenters. The number of rotatable bonds is 20. The number of carbonyl (C=O) groups is 7. The molecule has 0 aromatic heterocycles. The number of hydrogen-bond acceptors (Lipinski definition) is 18. The first-order valence-corrected chi connectivity index (χ1v) is 28.8. The predicted molar refractivity (Wildman–Crippen MR) is 314 cm³/mol. The molecule has 0 radical (unpaired) electrons. The molecule has 2 aliphatic rings. The molecular formula is C67H53BrO17S. The lowest BCUT2D eigenvalue weighted by molar-refractivity contribution is -0.309. The minimum atomic E-state index is -1.87. The van der Waals surface area contributed by atoms with Crippen LogP contribution in [0.25, 0.3) is 0 Å². The van der Waals surface area contributed by atoms with Crippen LogP contribution in [0.15, 0.2) is 246 Å². The smallest absolute Gasteiger partial charge is 0.338 e. The average Bonchev–Trinajstić information content (AvgIpc) is 2.19. The van der Waals surface area contributed by atoms with Gasteiger partial charge in [-0.15, -0.1) is 0 Å². The van der Waals surface area contributed by atoms with Gasteiger partial charge in [-0.25, -0.2) is 33.6 Å². The van der Waals surface area contributed by atoms with E-state index in [2.05, 4.69) is 15.9 Å². The van der Waals surface area contributed by atoms with Crippen LogP contribution in [0.5, 0.6) is 0 Å². The Morgan fingerprint density at radius 3 is 0.977 bits per heavy atom. The maximum Gasteiger partial charge on any atom is 0.338 e. The van der Waals surface area contributed by atoms with Gasteiger partial charge in [-0.1, -0.05) is 155 Å². The lowest BCUT2D eigenvalue weighted by Crippen LogP contribution is -2.64. The van der Waals surface area contributed by atoms with Gasteiger partial charge in [-0.3, -0.25) is 0 Å². The van der Waals surface area contributed by atoms with Gasteiger partial charge < -0.3 is 47.4 Å². The molecule has 2 fully saturated rings. The molecule has 17 nitrogen and oxygen atoms in total. The number of thioether (sulfide) groups is 1. The highest BCUT2D eigenvalue weighted by atomic mass is 79.9. The Morgan fingerprint density at radius 2 is 0.616 bits per heavy atom. The fourth-order valence-electron chi connectivity index (χ4n) is 9.31. The Balaban J connectivity index is 1.09. The van der Waals surface area contributed by atoms with Crippen molar-refractivity contribution < 1.29 is 80.9 Å². The summed E-state index contributed by atoms with van der Waals surface area (Å²) in [5.41, 5.74) is -0.630. The molecule has 86 heavy (non-hydrogen) atoms. The topological polar surface area (TPSA) is 212 Å². The molecule has 10 rings (SSSR count). The van der Waals surface area contributed by atoms with Crippen molar-refractivity contribution in [2.24, 2.45) is 0 Å². The van der Waals surface area contributed by atoms with E-state index >= 15 is 0 Å². The lowest BCUT2D eigenvalue weighted by atomic mass is 9.97. The van der Waals surface area contributed by atoms with Gasteiger partial charge in [0.15, 0.2) is 42.9 Å². The molecule has 0 spiro atoms. The zero-order valence-corrected chi connectivity index (χ0v) is 47.8.